The number of hydrogen-bond donors (Lipinski definition) is 2. The summed E-state index contributed by atoms with van der Waals surface area (Å²) in [5.74, 6) is -0.491. The lowest BCUT2D eigenvalue weighted by Gasteiger charge is -2.20. The summed E-state index contributed by atoms with van der Waals surface area (Å²) < 4.78 is 10.2. The van der Waals surface area contributed by atoms with Crippen LogP contribution in [0.4, 0.5) is 4.79 Å². The monoisotopic (exact) mass is 308 g/mol. The summed E-state index contributed by atoms with van der Waals surface area (Å²) in [6.07, 6.45) is -0.246. The number of hydrogen-bond acceptors (Lipinski definition) is 5. The molecule has 3 N–H and O–H groups in total. The fraction of sp³-hybridized carbons (Fsp3) is 0.500. The third kappa shape index (κ3) is 7.64. The average molecular weight is 308 g/mol. The second kappa shape index (κ2) is 8.38. The zero-order valence-electron chi connectivity index (χ0n) is 13.3. The van der Waals surface area contributed by atoms with Crippen molar-refractivity contribution < 1.29 is 19.1 Å². The second-order valence-corrected chi connectivity index (χ2v) is 5.92. The van der Waals surface area contributed by atoms with Gasteiger partial charge in [-0.15, -0.1) is 0 Å². The third-order valence-corrected chi connectivity index (χ3v) is 2.65. The molecule has 0 spiro atoms. The fourth-order valence-electron chi connectivity index (χ4n) is 1.60. The zero-order chi connectivity index (χ0) is 16.6. The first kappa shape index (κ1) is 18.0. The first-order chi connectivity index (χ1) is 10.3. The van der Waals surface area contributed by atoms with Crippen molar-refractivity contribution in [3.05, 3.63) is 35.9 Å². The maximum absolute atomic E-state index is 11.7. The van der Waals surface area contributed by atoms with Crippen LogP contribution < -0.4 is 11.1 Å². The van der Waals surface area contributed by atoms with Gasteiger partial charge in [0.2, 0.25) is 0 Å². The van der Waals surface area contributed by atoms with E-state index in [0.717, 1.165) is 5.56 Å². The van der Waals surface area contributed by atoms with Crippen LogP contribution in [0, 0.1) is 0 Å². The van der Waals surface area contributed by atoms with Gasteiger partial charge in [0, 0.05) is 6.54 Å². The predicted octanol–water partition coefficient (Wildman–Crippen LogP) is 1.97. The van der Waals surface area contributed by atoms with Crippen LogP contribution in [-0.2, 0) is 20.9 Å². The SMILES string of the molecule is CC(C)(C)OC(=O)NCCC(N)C(=O)OCc1ccccc1. The Labute approximate surface area is 131 Å². The Balaban J connectivity index is 2.23. The number of alkyl carbamates (subject to hydrolysis) is 1. The number of nitrogens with one attached hydrogen (secondary N) is 1. The number of esters is 1. The Hall–Kier alpha value is -2.08. The minimum absolute atomic E-state index is 0.187. The summed E-state index contributed by atoms with van der Waals surface area (Å²) in [6, 6.07) is 8.57. The molecule has 6 nitrogen and oxygen atoms in total. The minimum Gasteiger partial charge on any atom is -0.460 e. The molecule has 0 heterocycles. The van der Waals surface area contributed by atoms with Gasteiger partial charge in [-0.2, -0.15) is 0 Å². The molecular formula is C16H24N2O4. The molecule has 0 fully saturated rings. The molecule has 1 unspecified atom stereocenters. The van der Waals surface area contributed by atoms with E-state index >= 15 is 0 Å². The zero-order valence-corrected chi connectivity index (χ0v) is 13.3. The molecule has 0 aliphatic rings. The lowest BCUT2D eigenvalue weighted by molar-refractivity contribution is -0.146. The van der Waals surface area contributed by atoms with Crippen LogP contribution in [-0.4, -0.2) is 30.3 Å². The van der Waals surface area contributed by atoms with E-state index < -0.39 is 23.7 Å². The molecule has 1 aromatic carbocycles. The summed E-state index contributed by atoms with van der Waals surface area (Å²) in [5, 5.41) is 2.55. The van der Waals surface area contributed by atoms with Gasteiger partial charge in [0.1, 0.15) is 18.2 Å². The summed E-state index contributed by atoms with van der Waals surface area (Å²) in [5.41, 5.74) is 6.07. The number of benzene rings is 1. The smallest absolute Gasteiger partial charge is 0.407 e. The van der Waals surface area contributed by atoms with Crippen LogP contribution in [0.3, 0.4) is 0 Å². The summed E-state index contributed by atoms with van der Waals surface area (Å²) >= 11 is 0. The normalized spacial score (nSPS) is 12.4. The van der Waals surface area contributed by atoms with Crippen LogP contribution in [0.2, 0.25) is 0 Å². The maximum Gasteiger partial charge on any atom is 0.407 e. The van der Waals surface area contributed by atoms with Gasteiger partial charge in [0.15, 0.2) is 0 Å². The number of carbonyl (C=O) groups is 2. The molecule has 122 valence electrons. The first-order valence-electron chi connectivity index (χ1n) is 7.21. The van der Waals surface area contributed by atoms with Crippen molar-refractivity contribution in [3.8, 4) is 0 Å². The van der Waals surface area contributed by atoms with Crippen molar-refractivity contribution in [3.63, 3.8) is 0 Å². The van der Waals surface area contributed by atoms with E-state index in [1.807, 2.05) is 30.3 Å². The Morgan fingerprint density at radius 2 is 1.86 bits per heavy atom. The Bertz CT molecular complexity index is 483. The summed E-state index contributed by atoms with van der Waals surface area (Å²) in [6.45, 7) is 5.77. The average Bonchev–Trinajstić information content (AvgIpc) is 2.43. The molecule has 22 heavy (non-hydrogen) atoms. The van der Waals surface area contributed by atoms with Crippen LogP contribution >= 0.6 is 0 Å². The number of amides is 1. The van der Waals surface area contributed by atoms with E-state index in [1.54, 1.807) is 20.8 Å². The molecule has 0 saturated carbocycles. The maximum atomic E-state index is 11.7. The van der Waals surface area contributed by atoms with Gasteiger partial charge < -0.3 is 20.5 Å². The standard InChI is InChI=1S/C16H24N2O4/c1-16(2,3)22-15(20)18-10-9-13(17)14(19)21-11-12-7-5-4-6-8-12/h4-8,13H,9-11,17H2,1-3H3,(H,18,20). The van der Waals surface area contributed by atoms with Crippen molar-refractivity contribution in [1.29, 1.82) is 0 Å². The molecule has 0 bridgehead atoms. The van der Waals surface area contributed by atoms with E-state index in [4.69, 9.17) is 15.2 Å². The van der Waals surface area contributed by atoms with Gasteiger partial charge in [-0.25, -0.2) is 4.79 Å². The molecule has 1 rings (SSSR count). The molecule has 6 heteroatoms. The molecule has 1 amide bonds. The molecule has 0 aliphatic carbocycles. The third-order valence-electron chi connectivity index (χ3n) is 2.65. The van der Waals surface area contributed by atoms with Crippen molar-refractivity contribution in [1.82, 2.24) is 5.32 Å². The highest BCUT2D eigenvalue weighted by Gasteiger charge is 2.18. The first-order valence-corrected chi connectivity index (χ1v) is 7.21. The lowest BCUT2D eigenvalue weighted by atomic mass is 10.2. The van der Waals surface area contributed by atoms with Crippen molar-refractivity contribution in [2.75, 3.05) is 6.54 Å². The fourth-order valence-corrected chi connectivity index (χ4v) is 1.60. The van der Waals surface area contributed by atoms with Crippen LogP contribution in [0.15, 0.2) is 30.3 Å². The second-order valence-electron chi connectivity index (χ2n) is 5.92. The molecule has 0 radical (unpaired) electrons. The Kier molecular flexibility index (Phi) is 6.85. The van der Waals surface area contributed by atoms with E-state index in [0.29, 0.717) is 0 Å². The van der Waals surface area contributed by atoms with Gasteiger partial charge in [-0.1, -0.05) is 30.3 Å². The van der Waals surface area contributed by atoms with Gasteiger partial charge >= 0.3 is 12.1 Å². The topological polar surface area (TPSA) is 90.6 Å². The molecule has 1 aromatic rings. The summed E-state index contributed by atoms with van der Waals surface area (Å²) in [7, 11) is 0. The van der Waals surface area contributed by atoms with Crippen LogP contribution in [0.5, 0.6) is 0 Å². The van der Waals surface area contributed by atoms with Crippen LogP contribution in [0.1, 0.15) is 32.8 Å². The van der Waals surface area contributed by atoms with E-state index in [9.17, 15) is 9.59 Å². The van der Waals surface area contributed by atoms with Gasteiger partial charge in [-0.05, 0) is 32.8 Å². The van der Waals surface area contributed by atoms with Gasteiger partial charge in [-0.3, -0.25) is 4.79 Å². The quantitative estimate of drug-likeness (QED) is 0.784. The highest BCUT2D eigenvalue weighted by molar-refractivity contribution is 5.75. The molecule has 0 aliphatic heterocycles. The Morgan fingerprint density at radius 1 is 1.23 bits per heavy atom. The largest absolute Gasteiger partial charge is 0.460 e. The Morgan fingerprint density at radius 3 is 2.45 bits per heavy atom. The molecule has 0 saturated heterocycles. The van der Waals surface area contributed by atoms with E-state index in [1.165, 1.54) is 0 Å². The van der Waals surface area contributed by atoms with Gasteiger partial charge in [0.25, 0.3) is 0 Å². The minimum atomic E-state index is -0.779. The number of carbonyl (C=O) groups excluding carboxylic acids is 2. The highest BCUT2D eigenvalue weighted by atomic mass is 16.6. The number of nitrogens with two attached hydrogens (primary N) is 1. The van der Waals surface area contributed by atoms with Crippen LogP contribution in [0.25, 0.3) is 0 Å². The molecule has 1 atom stereocenters. The number of ether oxygens (including phenoxy) is 2. The van der Waals surface area contributed by atoms with Crippen molar-refractivity contribution >= 4 is 12.1 Å². The summed E-state index contributed by atoms with van der Waals surface area (Å²) in [4.78, 5) is 23.2. The van der Waals surface area contributed by atoms with Crippen molar-refractivity contribution in [2.45, 2.75) is 45.4 Å². The lowest BCUT2D eigenvalue weighted by Crippen LogP contribution is -2.38. The molecule has 0 aromatic heterocycles. The predicted molar refractivity (Wildman–Crippen MR) is 83.1 cm³/mol. The van der Waals surface area contributed by atoms with E-state index in [-0.39, 0.29) is 19.6 Å². The van der Waals surface area contributed by atoms with E-state index in [2.05, 4.69) is 5.32 Å². The molecular weight excluding hydrogens is 284 g/mol. The highest BCUT2D eigenvalue weighted by Crippen LogP contribution is 2.06. The van der Waals surface area contributed by atoms with Gasteiger partial charge in [0.05, 0.1) is 0 Å². The van der Waals surface area contributed by atoms with Crippen molar-refractivity contribution in [2.24, 2.45) is 5.73 Å². The number of rotatable bonds is 6.